The van der Waals surface area contributed by atoms with Gasteiger partial charge in [-0.3, -0.25) is 0 Å². The van der Waals surface area contributed by atoms with E-state index in [1.54, 1.807) is 24.4 Å². The number of nitrogens with one attached hydrogen (secondary N) is 1. The van der Waals surface area contributed by atoms with Crippen molar-refractivity contribution in [3.63, 3.8) is 0 Å². The number of aromatic nitrogens is 3. The SMILES string of the molecule is COc1cc(/C=N\n2c(-c3ccccc3Cl)n[nH]c2=S)cc(Cl)c1OC. The number of methoxy groups -OCH3 is 2. The molecule has 26 heavy (non-hydrogen) atoms. The predicted molar refractivity (Wildman–Crippen MR) is 105 cm³/mol. The number of nitrogens with zero attached hydrogens (tertiary/aromatic N) is 3. The van der Waals surface area contributed by atoms with Crippen LogP contribution in [0.15, 0.2) is 41.5 Å². The van der Waals surface area contributed by atoms with E-state index >= 15 is 0 Å². The Hall–Kier alpha value is -2.35. The van der Waals surface area contributed by atoms with Crippen molar-refractivity contribution in [1.29, 1.82) is 0 Å². The predicted octanol–water partition coefficient (Wildman–Crippen LogP) is 4.81. The lowest BCUT2D eigenvalue weighted by Gasteiger charge is -2.10. The minimum absolute atomic E-state index is 0.336. The first-order valence-electron chi connectivity index (χ1n) is 7.43. The van der Waals surface area contributed by atoms with E-state index in [9.17, 15) is 0 Å². The number of rotatable bonds is 5. The fourth-order valence-corrected chi connectivity index (χ4v) is 3.05. The zero-order valence-corrected chi connectivity index (χ0v) is 16.2. The molecule has 0 aliphatic heterocycles. The van der Waals surface area contributed by atoms with Gasteiger partial charge >= 0.3 is 0 Å². The highest BCUT2D eigenvalue weighted by molar-refractivity contribution is 7.71. The molecule has 1 N–H and O–H groups in total. The Bertz CT molecular complexity index is 1030. The Balaban J connectivity index is 2.03. The van der Waals surface area contributed by atoms with E-state index in [1.807, 2.05) is 18.2 Å². The van der Waals surface area contributed by atoms with Gasteiger partial charge in [0.1, 0.15) is 0 Å². The van der Waals surface area contributed by atoms with Gasteiger partial charge in [-0.05, 0) is 42.0 Å². The third-order valence-electron chi connectivity index (χ3n) is 3.54. The molecule has 134 valence electrons. The highest BCUT2D eigenvalue weighted by Crippen LogP contribution is 2.35. The largest absolute Gasteiger partial charge is 0.493 e. The van der Waals surface area contributed by atoms with Crippen molar-refractivity contribution in [2.24, 2.45) is 5.10 Å². The Morgan fingerprint density at radius 3 is 2.62 bits per heavy atom. The van der Waals surface area contributed by atoms with E-state index in [0.29, 0.717) is 43.3 Å². The molecule has 0 bridgehead atoms. The molecule has 9 heteroatoms. The van der Waals surface area contributed by atoms with Crippen LogP contribution in [0.2, 0.25) is 10.0 Å². The number of benzene rings is 2. The van der Waals surface area contributed by atoms with Gasteiger partial charge in [0.2, 0.25) is 4.77 Å². The van der Waals surface area contributed by atoms with Crippen LogP contribution >= 0.6 is 35.4 Å². The summed E-state index contributed by atoms with van der Waals surface area (Å²) in [7, 11) is 3.06. The van der Waals surface area contributed by atoms with Crippen molar-refractivity contribution in [1.82, 2.24) is 14.9 Å². The normalized spacial score (nSPS) is 11.1. The lowest BCUT2D eigenvalue weighted by Crippen LogP contribution is -1.97. The Morgan fingerprint density at radius 1 is 1.15 bits per heavy atom. The second-order valence-electron chi connectivity index (χ2n) is 5.13. The maximum absolute atomic E-state index is 6.25. The molecular formula is C17H14Cl2N4O2S. The topological polar surface area (TPSA) is 64.4 Å². The summed E-state index contributed by atoms with van der Waals surface area (Å²) in [6, 6.07) is 10.8. The zero-order valence-electron chi connectivity index (χ0n) is 13.9. The first-order valence-corrected chi connectivity index (χ1v) is 8.59. The Labute approximate surface area is 165 Å². The second kappa shape index (κ2) is 7.90. The van der Waals surface area contributed by atoms with Crippen LogP contribution in [0.1, 0.15) is 5.56 Å². The molecule has 2 aromatic carbocycles. The number of H-pyrrole nitrogens is 1. The van der Waals surface area contributed by atoms with Crippen molar-refractivity contribution < 1.29 is 9.47 Å². The van der Waals surface area contributed by atoms with Gasteiger partial charge in [-0.25, -0.2) is 5.10 Å². The summed E-state index contributed by atoms with van der Waals surface area (Å²) in [5, 5.41) is 12.3. The molecule has 0 aliphatic carbocycles. The van der Waals surface area contributed by atoms with Gasteiger partial charge in [0.05, 0.1) is 30.5 Å². The number of hydrogen-bond acceptors (Lipinski definition) is 5. The van der Waals surface area contributed by atoms with E-state index in [4.69, 9.17) is 44.9 Å². The Kier molecular flexibility index (Phi) is 5.61. The summed E-state index contributed by atoms with van der Waals surface area (Å²) >= 11 is 17.7. The molecule has 1 aromatic heterocycles. The first kappa shape index (κ1) is 18.4. The van der Waals surface area contributed by atoms with Crippen molar-refractivity contribution in [3.8, 4) is 22.9 Å². The maximum Gasteiger partial charge on any atom is 0.216 e. The average molecular weight is 409 g/mol. The molecule has 0 saturated heterocycles. The molecule has 0 aliphatic rings. The molecule has 0 saturated carbocycles. The summed E-state index contributed by atoms with van der Waals surface area (Å²) in [6.45, 7) is 0. The molecule has 0 spiro atoms. The summed E-state index contributed by atoms with van der Waals surface area (Å²) in [6.07, 6.45) is 1.60. The van der Waals surface area contributed by atoms with Gasteiger partial charge in [0.15, 0.2) is 17.3 Å². The lowest BCUT2D eigenvalue weighted by molar-refractivity contribution is 0.355. The third-order valence-corrected chi connectivity index (χ3v) is 4.42. The van der Waals surface area contributed by atoms with Crippen LogP contribution in [-0.2, 0) is 0 Å². The van der Waals surface area contributed by atoms with Gasteiger partial charge in [-0.2, -0.15) is 14.9 Å². The smallest absolute Gasteiger partial charge is 0.216 e. The van der Waals surface area contributed by atoms with E-state index in [-0.39, 0.29) is 0 Å². The third kappa shape index (κ3) is 3.60. The van der Waals surface area contributed by atoms with Crippen molar-refractivity contribution in [2.45, 2.75) is 0 Å². The fourth-order valence-electron chi connectivity index (χ4n) is 2.35. The molecule has 1 heterocycles. The highest BCUT2D eigenvalue weighted by atomic mass is 35.5. The Morgan fingerprint density at radius 2 is 1.92 bits per heavy atom. The quantitative estimate of drug-likeness (QED) is 0.485. The van der Waals surface area contributed by atoms with Crippen molar-refractivity contribution in [2.75, 3.05) is 14.2 Å². The standard InChI is InChI=1S/C17H14Cl2N4O2S/c1-24-14-8-10(7-13(19)15(14)25-2)9-20-23-16(21-22-17(23)26)11-5-3-4-6-12(11)18/h3-9H,1-2H3,(H,22,26)/b20-9-. The van der Waals surface area contributed by atoms with Crippen molar-refractivity contribution >= 4 is 41.6 Å². The summed E-state index contributed by atoms with van der Waals surface area (Å²) in [5.74, 6) is 1.47. The van der Waals surface area contributed by atoms with E-state index in [0.717, 1.165) is 0 Å². The van der Waals surface area contributed by atoms with Gasteiger partial charge in [0, 0.05) is 5.56 Å². The van der Waals surface area contributed by atoms with Gasteiger partial charge < -0.3 is 9.47 Å². The number of hydrogen-bond donors (Lipinski definition) is 1. The summed E-state index contributed by atoms with van der Waals surface area (Å²) < 4.78 is 12.3. The molecule has 0 fully saturated rings. The molecule has 0 unspecified atom stereocenters. The monoisotopic (exact) mass is 408 g/mol. The fraction of sp³-hybridized carbons (Fsp3) is 0.118. The van der Waals surface area contributed by atoms with Crippen LogP contribution < -0.4 is 9.47 Å². The van der Waals surface area contributed by atoms with E-state index in [2.05, 4.69) is 15.3 Å². The molecule has 6 nitrogen and oxygen atoms in total. The van der Waals surface area contributed by atoms with Crippen LogP contribution in [0.3, 0.4) is 0 Å². The molecule has 0 atom stereocenters. The lowest BCUT2D eigenvalue weighted by atomic mass is 10.2. The number of ether oxygens (including phenoxy) is 2. The molecular weight excluding hydrogens is 395 g/mol. The number of aromatic amines is 1. The van der Waals surface area contributed by atoms with E-state index < -0.39 is 0 Å². The second-order valence-corrected chi connectivity index (χ2v) is 6.33. The van der Waals surface area contributed by atoms with Crippen LogP contribution in [0.5, 0.6) is 11.5 Å². The van der Waals surface area contributed by atoms with Gasteiger partial charge in [-0.15, -0.1) is 0 Å². The van der Waals surface area contributed by atoms with Gasteiger partial charge in [-0.1, -0.05) is 35.3 Å². The average Bonchev–Trinajstić information content (AvgIpc) is 3.00. The molecule has 0 radical (unpaired) electrons. The first-order chi connectivity index (χ1) is 12.5. The van der Waals surface area contributed by atoms with Crippen LogP contribution in [0.4, 0.5) is 0 Å². The zero-order chi connectivity index (χ0) is 18.7. The van der Waals surface area contributed by atoms with E-state index in [1.165, 1.54) is 18.9 Å². The van der Waals surface area contributed by atoms with Gasteiger partial charge in [0.25, 0.3) is 0 Å². The summed E-state index contributed by atoms with van der Waals surface area (Å²) in [4.78, 5) is 0. The number of halogens is 2. The van der Waals surface area contributed by atoms with Crippen LogP contribution in [0.25, 0.3) is 11.4 Å². The molecule has 3 rings (SSSR count). The highest BCUT2D eigenvalue weighted by Gasteiger charge is 2.12. The van der Waals surface area contributed by atoms with Crippen molar-refractivity contribution in [3.05, 3.63) is 56.8 Å². The summed E-state index contributed by atoms with van der Waals surface area (Å²) in [5.41, 5.74) is 1.42. The molecule has 0 amide bonds. The van der Waals surface area contributed by atoms with Crippen LogP contribution in [0, 0.1) is 4.77 Å². The van der Waals surface area contributed by atoms with Crippen LogP contribution in [-0.4, -0.2) is 35.3 Å². The maximum atomic E-state index is 6.25. The minimum atomic E-state index is 0.336. The molecule has 3 aromatic rings. The minimum Gasteiger partial charge on any atom is -0.493 e.